The van der Waals surface area contributed by atoms with E-state index in [9.17, 15) is 9.59 Å². The summed E-state index contributed by atoms with van der Waals surface area (Å²) in [6, 6.07) is 14.9. The summed E-state index contributed by atoms with van der Waals surface area (Å²) in [5.74, 6) is 0.101. The van der Waals surface area contributed by atoms with E-state index >= 15 is 0 Å². The first-order chi connectivity index (χ1) is 12.5. The number of carbonyl (C=O) groups excluding carboxylic acids is 2. The molecule has 6 heteroatoms. The minimum absolute atomic E-state index is 0.101. The van der Waals surface area contributed by atoms with Gasteiger partial charge in [-0.15, -0.1) is 0 Å². The Hall–Kier alpha value is -2.53. The molecule has 0 bridgehead atoms. The van der Waals surface area contributed by atoms with Crippen LogP contribution in [0.3, 0.4) is 0 Å². The summed E-state index contributed by atoms with van der Waals surface area (Å²) >= 11 is 5.93. The van der Waals surface area contributed by atoms with Gasteiger partial charge in [-0.1, -0.05) is 47.5 Å². The highest BCUT2D eigenvalue weighted by Crippen LogP contribution is 2.16. The molecule has 0 aliphatic carbocycles. The van der Waals surface area contributed by atoms with Crippen molar-refractivity contribution in [3.63, 3.8) is 0 Å². The van der Waals surface area contributed by atoms with Crippen LogP contribution in [0.1, 0.15) is 11.1 Å². The van der Waals surface area contributed by atoms with Gasteiger partial charge in [-0.25, -0.2) is 4.79 Å². The van der Waals surface area contributed by atoms with Crippen molar-refractivity contribution >= 4 is 29.2 Å². The summed E-state index contributed by atoms with van der Waals surface area (Å²) < 4.78 is 0. The maximum absolute atomic E-state index is 12.4. The monoisotopic (exact) mass is 371 g/mol. The van der Waals surface area contributed by atoms with Crippen LogP contribution >= 0.6 is 11.6 Å². The predicted octanol–water partition coefficient (Wildman–Crippen LogP) is 3.57. The van der Waals surface area contributed by atoms with Crippen molar-refractivity contribution in [3.05, 3.63) is 64.7 Å². The second-order valence-electron chi connectivity index (χ2n) is 6.47. The molecular formula is C20H22ClN3O2. The third kappa shape index (κ3) is 4.76. The molecule has 1 aliphatic rings. The maximum Gasteiger partial charge on any atom is 0.321 e. The molecule has 0 atom stereocenters. The second kappa shape index (κ2) is 8.23. The maximum atomic E-state index is 12.4. The minimum Gasteiger partial charge on any atom is -0.339 e. The zero-order valence-electron chi connectivity index (χ0n) is 14.7. The molecule has 2 aromatic rings. The molecule has 3 amide bonds. The highest BCUT2D eigenvalue weighted by Gasteiger charge is 2.24. The van der Waals surface area contributed by atoms with Gasteiger partial charge in [0.15, 0.2) is 0 Å². The van der Waals surface area contributed by atoms with E-state index in [4.69, 9.17) is 11.6 Å². The van der Waals surface area contributed by atoms with E-state index in [-0.39, 0.29) is 11.9 Å². The number of benzene rings is 2. The van der Waals surface area contributed by atoms with Gasteiger partial charge < -0.3 is 15.1 Å². The zero-order chi connectivity index (χ0) is 18.5. The fourth-order valence-electron chi connectivity index (χ4n) is 2.92. The van der Waals surface area contributed by atoms with Gasteiger partial charge in [0.2, 0.25) is 5.91 Å². The van der Waals surface area contributed by atoms with Gasteiger partial charge in [-0.2, -0.15) is 0 Å². The van der Waals surface area contributed by atoms with E-state index in [1.54, 1.807) is 29.2 Å². The first-order valence-corrected chi connectivity index (χ1v) is 9.04. The molecule has 26 heavy (non-hydrogen) atoms. The van der Waals surface area contributed by atoms with Gasteiger partial charge in [-0.05, 0) is 30.7 Å². The van der Waals surface area contributed by atoms with E-state index in [1.165, 1.54) is 5.56 Å². The fourth-order valence-corrected chi connectivity index (χ4v) is 3.11. The number of hydrogen-bond acceptors (Lipinski definition) is 2. The lowest BCUT2D eigenvalue weighted by Crippen LogP contribution is -2.52. The number of nitrogens with zero attached hydrogens (tertiary/aromatic N) is 2. The molecule has 3 rings (SSSR count). The van der Waals surface area contributed by atoms with Crippen molar-refractivity contribution in [3.8, 4) is 0 Å². The number of amides is 3. The number of hydrogen-bond donors (Lipinski definition) is 1. The smallest absolute Gasteiger partial charge is 0.321 e. The highest BCUT2D eigenvalue weighted by atomic mass is 35.5. The lowest BCUT2D eigenvalue weighted by Gasteiger charge is -2.34. The molecule has 5 nitrogen and oxygen atoms in total. The van der Waals surface area contributed by atoms with Crippen LogP contribution in [-0.2, 0) is 11.2 Å². The summed E-state index contributed by atoms with van der Waals surface area (Å²) in [5.41, 5.74) is 2.86. The number of rotatable bonds is 3. The summed E-state index contributed by atoms with van der Waals surface area (Å²) in [4.78, 5) is 28.3. The van der Waals surface area contributed by atoms with Crippen molar-refractivity contribution in [2.45, 2.75) is 13.3 Å². The molecule has 1 aliphatic heterocycles. The molecule has 136 valence electrons. The number of aryl methyl sites for hydroxylation is 1. The van der Waals surface area contributed by atoms with Crippen molar-refractivity contribution in [2.24, 2.45) is 0 Å². The van der Waals surface area contributed by atoms with Crippen LogP contribution in [0.5, 0.6) is 0 Å². The Balaban J connectivity index is 1.49. The lowest BCUT2D eigenvalue weighted by molar-refractivity contribution is -0.131. The van der Waals surface area contributed by atoms with Crippen LogP contribution in [0.25, 0.3) is 0 Å². The third-order valence-corrected chi connectivity index (χ3v) is 4.71. The summed E-state index contributed by atoms with van der Waals surface area (Å²) in [5, 5.41) is 3.42. The second-order valence-corrected chi connectivity index (χ2v) is 6.91. The molecule has 1 heterocycles. The Labute approximate surface area is 158 Å². The number of nitrogens with one attached hydrogen (secondary N) is 1. The van der Waals surface area contributed by atoms with Crippen LogP contribution in [0.4, 0.5) is 10.5 Å². The number of urea groups is 1. The lowest BCUT2D eigenvalue weighted by atomic mass is 10.1. The predicted molar refractivity (Wildman–Crippen MR) is 104 cm³/mol. The topological polar surface area (TPSA) is 52.7 Å². The Morgan fingerprint density at radius 1 is 1.00 bits per heavy atom. The van der Waals surface area contributed by atoms with E-state index in [0.29, 0.717) is 43.3 Å². The van der Waals surface area contributed by atoms with Crippen molar-refractivity contribution in [1.29, 1.82) is 0 Å². The molecule has 0 spiro atoms. The van der Waals surface area contributed by atoms with Gasteiger partial charge in [0, 0.05) is 36.9 Å². The van der Waals surface area contributed by atoms with E-state index in [1.807, 2.05) is 36.1 Å². The number of anilines is 1. The Kier molecular flexibility index (Phi) is 5.78. The van der Waals surface area contributed by atoms with Crippen molar-refractivity contribution in [1.82, 2.24) is 9.80 Å². The van der Waals surface area contributed by atoms with Crippen LogP contribution < -0.4 is 5.32 Å². The van der Waals surface area contributed by atoms with E-state index in [0.717, 1.165) is 5.56 Å². The first kappa shape index (κ1) is 18.3. The third-order valence-electron chi connectivity index (χ3n) is 4.47. The highest BCUT2D eigenvalue weighted by molar-refractivity contribution is 6.30. The molecule has 2 aromatic carbocycles. The molecule has 0 aromatic heterocycles. The molecule has 0 unspecified atom stereocenters. The average Bonchev–Trinajstić information content (AvgIpc) is 2.64. The van der Waals surface area contributed by atoms with Crippen LogP contribution in [0.2, 0.25) is 5.02 Å². The van der Waals surface area contributed by atoms with Crippen molar-refractivity contribution < 1.29 is 9.59 Å². The number of halogens is 1. The quantitative estimate of drug-likeness (QED) is 0.896. The molecule has 0 radical (unpaired) electrons. The van der Waals surface area contributed by atoms with Gasteiger partial charge in [0.25, 0.3) is 0 Å². The van der Waals surface area contributed by atoms with Crippen LogP contribution in [0, 0.1) is 6.92 Å². The largest absolute Gasteiger partial charge is 0.339 e. The summed E-state index contributed by atoms with van der Waals surface area (Å²) in [6.07, 6.45) is 0.398. The van der Waals surface area contributed by atoms with Gasteiger partial charge in [-0.3, -0.25) is 4.79 Å². The SMILES string of the molecule is Cc1ccc(CC(=O)N2CCN(C(=O)Nc3cccc(Cl)c3)CC2)cc1. The number of carbonyl (C=O) groups is 2. The van der Waals surface area contributed by atoms with Crippen LogP contribution in [0.15, 0.2) is 48.5 Å². The Morgan fingerprint density at radius 2 is 1.65 bits per heavy atom. The molecule has 1 N–H and O–H groups in total. The Morgan fingerprint density at radius 3 is 2.31 bits per heavy atom. The van der Waals surface area contributed by atoms with Gasteiger partial charge in [0.1, 0.15) is 0 Å². The minimum atomic E-state index is -0.169. The van der Waals surface area contributed by atoms with E-state index < -0.39 is 0 Å². The van der Waals surface area contributed by atoms with E-state index in [2.05, 4.69) is 5.32 Å². The first-order valence-electron chi connectivity index (χ1n) is 8.66. The average molecular weight is 372 g/mol. The van der Waals surface area contributed by atoms with Gasteiger partial charge in [0.05, 0.1) is 6.42 Å². The van der Waals surface area contributed by atoms with Crippen LogP contribution in [-0.4, -0.2) is 47.9 Å². The van der Waals surface area contributed by atoms with Crippen molar-refractivity contribution in [2.75, 3.05) is 31.5 Å². The molecule has 0 saturated carbocycles. The molecule has 1 fully saturated rings. The fraction of sp³-hybridized carbons (Fsp3) is 0.300. The zero-order valence-corrected chi connectivity index (χ0v) is 15.5. The summed E-state index contributed by atoms with van der Waals surface area (Å²) in [7, 11) is 0. The number of piperazine rings is 1. The standard InChI is InChI=1S/C20H22ClN3O2/c1-15-5-7-16(8-6-15)13-19(25)23-9-11-24(12-10-23)20(26)22-18-4-2-3-17(21)14-18/h2-8,14H,9-13H2,1H3,(H,22,26). The Bertz CT molecular complexity index is 784. The molecular weight excluding hydrogens is 350 g/mol. The normalized spacial score (nSPS) is 14.2. The van der Waals surface area contributed by atoms with Gasteiger partial charge >= 0.3 is 6.03 Å². The molecule has 1 saturated heterocycles. The summed E-state index contributed by atoms with van der Waals surface area (Å²) in [6.45, 7) is 4.17.